The number of hydrogen-bond acceptors (Lipinski definition) is 9. The molecule has 1 amide bonds. The van der Waals surface area contributed by atoms with Crippen LogP contribution in [0.3, 0.4) is 0 Å². The number of carboxylic acid groups (broad SMARTS) is 1. The van der Waals surface area contributed by atoms with Gasteiger partial charge in [0.15, 0.2) is 24.3 Å². The third-order valence-corrected chi connectivity index (χ3v) is 7.89. The van der Waals surface area contributed by atoms with Crippen molar-refractivity contribution in [3.8, 4) is 35.5 Å². The number of terminal acetylenes is 1. The molecular weight excluding hydrogens is 656 g/mol. The summed E-state index contributed by atoms with van der Waals surface area (Å²) in [5.74, 6) is 1.67. The zero-order chi connectivity index (χ0) is 33.9. The molecule has 0 radical (unpaired) electrons. The number of carbonyl (C=O) groups excluding carboxylic acids is 1. The third kappa shape index (κ3) is 7.87. The quantitative estimate of drug-likeness (QED) is 0.243. The molecule has 6 rings (SSSR count). The largest absolute Gasteiger partial charge is 0.481 e. The molecule has 0 saturated carbocycles. The van der Waals surface area contributed by atoms with Gasteiger partial charge in [-0.25, -0.2) is 23.6 Å². The van der Waals surface area contributed by atoms with E-state index in [2.05, 4.69) is 34.1 Å². The number of fused-ring (bicyclic) bond motifs is 2. The van der Waals surface area contributed by atoms with Gasteiger partial charge in [-0.1, -0.05) is 31.4 Å². The zero-order valence-electron chi connectivity index (χ0n) is 25.4. The molecule has 244 valence electrons. The second-order valence-corrected chi connectivity index (χ2v) is 12.4. The molecular formula is C32H28ClF2N5O6S. The molecule has 0 unspecified atom stereocenters. The van der Waals surface area contributed by atoms with Crippen molar-refractivity contribution in [3.05, 3.63) is 75.9 Å². The highest BCUT2D eigenvalue weighted by atomic mass is 35.5. The lowest BCUT2D eigenvalue weighted by Gasteiger charge is -2.28. The van der Waals surface area contributed by atoms with Gasteiger partial charge in [0, 0.05) is 36.8 Å². The number of rotatable bonds is 7. The fourth-order valence-corrected chi connectivity index (χ4v) is 5.58. The second kappa shape index (κ2) is 13.8. The molecule has 2 aromatic carbocycles. The van der Waals surface area contributed by atoms with Gasteiger partial charge >= 0.3 is 5.97 Å². The normalized spacial score (nSPS) is 15.4. The molecule has 0 fully saturated rings. The Balaban J connectivity index is 0.000000189. The van der Waals surface area contributed by atoms with E-state index in [0.29, 0.717) is 27.7 Å². The van der Waals surface area contributed by atoms with Gasteiger partial charge in [-0.05, 0) is 48.7 Å². The van der Waals surface area contributed by atoms with Gasteiger partial charge in [0.25, 0.3) is 11.8 Å². The van der Waals surface area contributed by atoms with E-state index in [0.717, 1.165) is 24.9 Å². The molecule has 0 saturated heterocycles. The Morgan fingerprint density at radius 3 is 2.64 bits per heavy atom. The van der Waals surface area contributed by atoms with Crippen LogP contribution in [-0.4, -0.2) is 50.2 Å². The molecule has 4 heterocycles. The SMILES string of the molecule is C#CCN1C(=O)COc2cc(F)c(/N=c3\snc4n3CC(C)(C)C4)cc21.C[C@@H](Oc1ccc(Oc2ncc(Cl)cc2F)cc1)C(=O)O. The van der Waals surface area contributed by atoms with E-state index in [9.17, 15) is 18.4 Å². The number of aliphatic carboxylic acids is 1. The van der Waals surface area contributed by atoms with E-state index in [4.69, 9.17) is 37.3 Å². The minimum Gasteiger partial charge on any atom is -0.481 e. The van der Waals surface area contributed by atoms with Crippen LogP contribution in [0.1, 0.15) is 26.6 Å². The first-order valence-electron chi connectivity index (χ1n) is 14.1. The average molecular weight is 684 g/mol. The van der Waals surface area contributed by atoms with Crippen molar-refractivity contribution in [2.75, 3.05) is 18.1 Å². The summed E-state index contributed by atoms with van der Waals surface area (Å²) >= 11 is 6.83. The number of amides is 1. The maximum atomic E-state index is 14.5. The smallest absolute Gasteiger partial charge is 0.344 e. The number of nitrogens with zero attached hydrogens (tertiary/aromatic N) is 5. The number of pyridine rings is 1. The molecule has 15 heteroatoms. The topological polar surface area (TPSA) is 128 Å². The van der Waals surface area contributed by atoms with Gasteiger partial charge in [0.05, 0.1) is 17.3 Å². The summed E-state index contributed by atoms with van der Waals surface area (Å²) < 4.78 is 50.2. The highest BCUT2D eigenvalue weighted by Crippen LogP contribution is 2.37. The summed E-state index contributed by atoms with van der Waals surface area (Å²) in [4.78, 5) is 33.0. The van der Waals surface area contributed by atoms with Crippen molar-refractivity contribution < 1.29 is 37.7 Å². The van der Waals surface area contributed by atoms with Crippen LogP contribution in [0.4, 0.5) is 20.2 Å². The van der Waals surface area contributed by atoms with Crippen LogP contribution in [0.25, 0.3) is 0 Å². The molecule has 11 nitrogen and oxygen atoms in total. The van der Waals surface area contributed by atoms with Gasteiger partial charge in [-0.3, -0.25) is 9.69 Å². The van der Waals surface area contributed by atoms with Crippen molar-refractivity contribution in [1.29, 1.82) is 0 Å². The molecule has 4 aromatic rings. The Bertz CT molecular complexity index is 1940. The van der Waals surface area contributed by atoms with Crippen LogP contribution >= 0.6 is 23.1 Å². The van der Waals surface area contributed by atoms with E-state index < -0.39 is 23.7 Å². The minimum atomic E-state index is -1.07. The molecule has 0 bridgehead atoms. The molecule has 0 spiro atoms. The van der Waals surface area contributed by atoms with Crippen LogP contribution in [0.15, 0.2) is 53.7 Å². The molecule has 0 aliphatic carbocycles. The lowest BCUT2D eigenvalue weighted by Crippen LogP contribution is -2.39. The van der Waals surface area contributed by atoms with Crippen molar-refractivity contribution in [2.45, 2.75) is 39.8 Å². The monoisotopic (exact) mass is 683 g/mol. The summed E-state index contributed by atoms with van der Waals surface area (Å²) in [6.07, 6.45) is 6.52. The Kier molecular flexibility index (Phi) is 9.78. The van der Waals surface area contributed by atoms with E-state index in [1.807, 2.05) is 4.57 Å². The number of benzene rings is 2. The van der Waals surface area contributed by atoms with Gasteiger partial charge in [0.1, 0.15) is 28.8 Å². The van der Waals surface area contributed by atoms with E-state index in [-0.39, 0.29) is 41.1 Å². The number of carbonyl (C=O) groups is 2. The number of aromatic nitrogens is 3. The summed E-state index contributed by atoms with van der Waals surface area (Å²) in [7, 11) is 0. The fourth-order valence-electron chi connectivity index (χ4n) is 4.68. The van der Waals surface area contributed by atoms with E-state index in [1.54, 1.807) is 0 Å². The highest BCUT2D eigenvalue weighted by molar-refractivity contribution is 7.02. The number of carboxylic acids is 1. The zero-order valence-corrected chi connectivity index (χ0v) is 26.9. The van der Waals surface area contributed by atoms with Gasteiger partial charge in [0.2, 0.25) is 4.80 Å². The van der Waals surface area contributed by atoms with Crippen molar-refractivity contribution >= 4 is 46.4 Å². The molecule has 2 aliphatic rings. The predicted molar refractivity (Wildman–Crippen MR) is 169 cm³/mol. The van der Waals surface area contributed by atoms with Gasteiger partial charge in [-0.2, -0.15) is 4.37 Å². The van der Waals surface area contributed by atoms with Gasteiger partial charge < -0.3 is 23.9 Å². The fraction of sp³-hybridized carbons (Fsp3) is 0.281. The van der Waals surface area contributed by atoms with Crippen molar-refractivity contribution in [3.63, 3.8) is 0 Å². The Morgan fingerprint density at radius 2 is 1.96 bits per heavy atom. The summed E-state index contributed by atoms with van der Waals surface area (Å²) in [6.45, 7) is 6.47. The maximum absolute atomic E-state index is 14.5. The predicted octanol–water partition coefficient (Wildman–Crippen LogP) is 5.78. The first-order valence-corrected chi connectivity index (χ1v) is 15.3. The van der Waals surface area contributed by atoms with Crippen LogP contribution < -0.4 is 23.9 Å². The van der Waals surface area contributed by atoms with E-state index >= 15 is 0 Å². The second-order valence-electron chi connectivity index (χ2n) is 11.3. The summed E-state index contributed by atoms with van der Waals surface area (Å²) in [6, 6.07) is 9.91. The Labute approximate surface area is 277 Å². The lowest BCUT2D eigenvalue weighted by molar-refractivity contribution is -0.144. The number of anilines is 1. The van der Waals surface area contributed by atoms with Gasteiger partial charge in [-0.15, -0.1) is 6.42 Å². The maximum Gasteiger partial charge on any atom is 0.344 e. The van der Waals surface area contributed by atoms with Crippen molar-refractivity contribution in [1.82, 2.24) is 13.9 Å². The number of hydrogen-bond donors (Lipinski definition) is 1. The van der Waals surface area contributed by atoms with Crippen LogP contribution in [0, 0.1) is 29.4 Å². The van der Waals surface area contributed by atoms with Crippen LogP contribution in [0.2, 0.25) is 5.02 Å². The lowest BCUT2D eigenvalue weighted by atomic mass is 9.92. The molecule has 47 heavy (non-hydrogen) atoms. The van der Waals surface area contributed by atoms with E-state index in [1.165, 1.54) is 66.0 Å². The van der Waals surface area contributed by atoms with Crippen molar-refractivity contribution in [2.24, 2.45) is 10.4 Å². The molecule has 1 atom stereocenters. The molecule has 2 aliphatic heterocycles. The first-order chi connectivity index (χ1) is 22.3. The standard InChI is InChI=1S/C18H17FN4O2S.C14H11ClFNO4/c1-4-5-22-13-7-12(11(19)6-14(13)25-9-16(22)24)20-17-23-10-18(2,3)8-15(23)21-26-17;1-8(14(18)19)20-10-2-4-11(5-3-10)21-13-12(16)6-9(15)7-17-13/h1,6-7H,5,8-10H2,2-3H3;2-8H,1H3,(H,18,19)/b20-17-;/t;8-/m.1/s1. The van der Waals surface area contributed by atoms with Crippen LogP contribution in [0.5, 0.6) is 23.1 Å². The van der Waals surface area contributed by atoms with Crippen LogP contribution in [-0.2, 0) is 22.6 Å². The minimum absolute atomic E-state index is 0.0964. The number of halogens is 3. The first kappa shape index (κ1) is 33.4. The summed E-state index contributed by atoms with van der Waals surface area (Å²) in [5.41, 5.74) is 0.678. The molecule has 2 aromatic heterocycles. The Morgan fingerprint density at radius 1 is 1.23 bits per heavy atom. The summed E-state index contributed by atoms with van der Waals surface area (Å²) in [5, 5.41) is 8.91. The third-order valence-electron chi connectivity index (χ3n) is 6.91. The highest BCUT2D eigenvalue weighted by Gasteiger charge is 2.31. The number of ether oxygens (including phenoxy) is 3. The average Bonchev–Trinajstić information content (AvgIpc) is 3.52. The Hall–Kier alpha value is -5.00. The molecule has 1 N–H and O–H groups in total.